The summed E-state index contributed by atoms with van der Waals surface area (Å²) in [6.45, 7) is 3.81. The highest BCUT2D eigenvalue weighted by molar-refractivity contribution is 8.13. The minimum absolute atomic E-state index is 0.0238. The predicted octanol–water partition coefficient (Wildman–Crippen LogP) is 0.817. The van der Waals surface area contributed by atoms with E-state index in [1.54, 1.807) is 0 Å². The van der Waals surface area contributed by atoms with Gasteiger partial charge in [0.2, 0.25) is 11.8 Å². The lowest BCUT2D eigenvalue weighted by atomic mass is 10.0. The number of hydrogen-bond acceptors (Lipinski definition) is 4. The molecule has 6 heteroatoms. The van der Waals surface area contributed by atoms with Crippen LogP contribution in [0.1, 0.15) is 20.3 Å². The molecule has 0 aromatic carbocycles. The maximum Gasteiger partial charge on any atom is 0.246 e. The van der Waals surface area contributed by atoms with Crippen molar-refractivity contribution in [3.63, 3.8) is 0 Å². The third-order valence-electron chi connectivity index (χ3n) is 3.11. The first-order valence-electron chi connectivity index (χ1n) is 5.94. The summed E-state index contributed by atoms with van der Waals surface area (Å²) in [6.07, 6.45) is 4.02. The Balaban J connectivity index is 2.13. The average Bonchev–Trinajstić information content (AvgIpc) is 2.31. The first kappa shape index (κ1) is 13.1. The number of nitrogens with zero attached hydrogens (tertiary/aromatic N) is 2. The molecule has 0 spiro atoms. The van der Waals surface area contributed by atoms with E-state index < -0.39 is 0 Å². The molecule has 0 N–H and O–H groups in total. The second-order valence-corrected chi connectivity index (χ2v) is 5.73. The van der Waals surface area contributed by atoms with Crippen molar-refractivity contribution in [1.82, 2.24) is 10.0 Å². The number of carbonyl (C=O) groups is 3. The van der Waals surface area contributed by atoms with Crippen LogP contribution < -0.4 is 0 Å². The molecule has 98 valence electrons. The summed E-state index contributed by atoms with van der Waals surface area (Å²) < 4.78 is 0. The maximum absolute atomic E-state index is 12.3. The van der Waals surface area contributed by atoms with Gasteiger partial charge in [0.25, 0.3) is 0 Å². The highest BCUT2D eigenvalue weighted by atomic mass is 32.2. The van der Waals surface area contributed by atoms with Crippen molar-refractivity contribution in [2.75, 3.05) is 12.3 Å². The van der Waals surface area contributed by atoms with Crippen LogP contribution in [0.15, 0.2) is 12.2 Å². The van der Waals surface area contributed by atoms with Crippen LogP contribution in [0.2, 0.25) is 0 Å². The summed E-state index contributed by atoms with van der Waals surface area (Å²) in [4.78, 5) is 35.2. The maximum atomic E-state index is 12.3. The lowest BCUT2D eigenvalue weighted by Crippen LogP contribution is -2.61. The molecule has 0 aliphatic carbocycles. The van der Waals surface area contributed by atoms with Crippen molar-refractivity contribution >= 4 is 28.7 Å². The van der Waals surface area contributed by atoms with Crippen LogP contribution in [0.3, 0.4) is 0 Å². The van der Waals surface area contributed by atoms with E-state index in [0.717, 1.165) is 11.8 Å². The molecule has 1 saturated heterocycles. The number of amides is 2. The Morgan fingerprint density at radius 2 is 2.22 bits per heavy atom. The van der Waals surface area contributed by atoms with Crippen molar-refractivity contribution in [3.05, 3.63) is 12.2 Å². The second-order valence-electron chi connectivity index (χ2n) is 4.53. The van der Waals surface area contributed by atoms with Crippen LogP contribution in [-0.2, 0) is 14.4 Å². The Bertz CT molecular complexity index is 422. The molecule has 2 aliphatic heterocycles. The average molecular weight is 268 g/mol. The lowest BCUT2D eigenvalue weighted by molar-refractivity contribution is -0.178. The van der Waals surface area contributed by atoms with Gasteiger partial charge in [0.1, 0.15) is 0 Å². The molecule has 2 unspecified atom stereocenters. The summed E-state index contributed by atoms with van der Waals surface area (Å²) in [5, 5.41) is 3.00. The van der Waals surface area contributed by atoms with E-state index in [2.05, 4.69) is 0 Å². The molecular formula is C12H16N2O3S. The van der Waals surface area contributed by atoms with Gasteiger partial charge in [-0.05, 0) is 6.92 Å². The molecule has 2 amide bonds. The molecule has 2 rings (SSSR count). The largest absolute Gasteiger partial charge is 0.288 e. The minimum atomic E-state index is -0.378. The fourth-order valence-corrected chi connectivity index (χ4v) is 2.92. The first-order chi connectivity index (χ1) is 8.50. The summed E-state index contributed by atoms with van der Waals surface area (Å²) in [5.41, 5.74) is 0. The number of hydrazine groups is 1. The SMILES string of the molecule is CC(=O)SCC1CC(=O)N2CC=CC(C)N2C1=O. The van der Waals surface area contributed by atoms with Gasteiger partial charge < -0.3 is 0 Å². The van der Waals surface area contributed by atoms with Gasteiger partial charge >= 0.3 is 0 Å². The van der Waals surface area contributed by atoms with Crippen LogP contribution in [0.25, 0.3) is 0 Å². The number of carbonyl (C=O) groups excluding carboxylic acids is 3. The molecule has 0 saturated carbocycles. The van der Waals surface area contributed by atoms with Crippen LogP contribution in [-0.4, -0.2) is 45.3 Å². The van der Waals surface area contributed by atoms with E-state index in [4.69, 9.17) is 0 Å². The molecule has 2 aliphatic rings. The van der Waals surface area contributed by atoms with Crippen molar-refractivity contribution in [3.8, 4) is 0 Å². The fraction of sp³-hybridized carbons (Fsp3) is 0.583. The highest BCUT2D eigenvalue weighted by Gasteiger charge is 2.41. The molecule has 18 heavy (non-hydrogen) atoms. The molecule has 2 heterocycles. The summed E-state index contributed by atoms with van der Waals surface area (Å²) >= 11 is 1.11. The second kappa shape index (κ2) is 5.14. The fourth-order valence-electron chi connectivity index (χ4n) is 2.23. The molecule has 0 aromatic heterocycles. The quantitative estimate of drug-likeness (QED) is 0.696. The van der Waals surface area contributed by atoms with Gasteiger partial charge in [0, 0.05) is 19.1 Å². The third-order valence-corrected chi connectivity index (χ3v) is 4.09. The van der Waals surface area contributed by atoms with Crippen LogP contribution in [0.5, 0.6) is 0 Å². The first-order valence-corrected chi connectivity index (χ1v) is 6.92. The number of rotatable bonds is 2. The van der Waals surface area contributed by atoms with Crippen LogP contribution >= 0.6 is 11.8 Å². The van der Waals surface area contributed by atoms with Crippen molar-refractivity contribution in [1.29, 1.82) is 0 Å². The van der Waals surface area contributed by atoms with Crippen molar-refractivity contribution < 1.29 is 14.4 Å². The van der Waals surface area contributed by atoms with Crippen molar-refractivity contribution in [2.24, 2.45) is 5.92 Å². The highest BCUT2D eigenvalue weighted by Crippen LogP contribution is 2.27. The monoisotopic (exact) mass is 268 g/mol. The normalized spacial score (nSPS) is 27.4. The zero-order valence-electron chi connectivity index (χ0n) is 10.5. The molecule has 0 aromatic rings. The van der Waals surface area contributed by atoms with E-state index >= 15 is 0 Å². The molecular weight excluding hydrogens is 252 g/mol. The van der Waals surface area contributed by atoms with Crippen LogP contribution in [0.4, 0.5) is 0 Å². The predicted molar refractivity (Wildman–Crippen MR) is 68.4 cm³/mol. The number of hydrogen-bond donors (Lipinski definition) is 0. The van der Waals surface area contributed by atoms with E-state index in [9.17, 15) is 14.4 Å². The van der Waals surface area contributed by atoms with E-state index in [0.29, 0.717) is 12.3 Å². The van der Waals surface area contributed by atoms with Gasteiger partial charge in [0.05, 0.1) is 18.5 Å². The van der Waals surface area contributed by atoms with Gasteiger partial charge in [-0.15, -0.1) is 0 Å². The standard InChI is InChI=1S/C12H16N2O3S/c1-8-4-3-5-13-11(16)6-10(7-18-9(2)15)12(17)14(8)13/h3-4,8,10H,5-7H2,1-2H3. The summed E-state index contributed by atoms with van der Waals surface area (Å²) in [5.74, 6) is -0.0857. The molecule has 2 atom stereocenters. The van der Waals surface area contributed by atoms with Gasteiger partial charge in [0.15, 0.2) is 5.12 Å². The van der Waals surface area contributed by atoms with E-state index in [1.807, 2.05) is 19.1 Å². The van der Waals surface area contributed by atoms with E-state index in [1.165, 1.54) is 16.9 Å². The zero-order chi connectivity index (χ0) is 13.3. The molecule has 0 radical (unpaired) electrons. The van der Waals surface area contributed by atoms with Crippen LogP contribution in [0, 0.1) is 5.92 Å². The van der Waals surface area contributed by atoms with Gasteiger partial charge in [-0.2, -0.15) is 0 Å². The molecule has 5 nitrogen and oxygen atoms in total. The van der Waals surface area contributed by atoms with Crippen molar-refractivity contribution in [2.45, 2.75) is 26.3 Å². The van der Waals surface area contributed by atoms with Gasteiger partial charge in [-0.3, -0.25) is 14.4 Å². The Morgan fingerprint density at radius 1 is 1.50 bits per heavy atom. The number of thioether (sulfide) groups is 1. The van der Waals surface area contributed by atoms with E-state index in [-0.39, 0.29) is 35.3 Å². The lowest BCUT2D eigenvalue weighted by Gasteiger charge is -2.45. The smallest absolute Gasteiger partial charge is 0.246 e. The molecule has 0 bridgehead atoms. The Labute approximate surface area is 110 Å². The Hall–Kier alpha value is -1.30. The third kappa shape index (κ3) is 2.43. The van der Waals surface area contributed by atoms with Gasteiger partial charge in [-0.1, -0.05) is 23.9 Å². The Morgan fingerprint density at radius 3 is 2.89 bits per heavy atom. The number of fused-ring (bicyclic) bond motifs is 1. The summed E-state index contributed by atoms with van der Waals surface area (Å²) in [7, 11) is 0. The minimum Gasteiger partial charge on any atom is -0.288 e. The summed E-state index contributed by atoms with van der Waals surface area (Å²) in [6, 6.07) is -0.0969. The Kier molecular flexibility index (Phi) is 3.75. The van der Waals surface area contributed by atoms with Gasteiger partial charge in [-0.25, -0.2) is 10.0 Å². The zero-order valence-corrected chi connectivity index (χ0v) is 11.3. The topological polar surface area (TPSA) is 57.7 Å². The molecule has 1 fully saturated rings.